The van der Waals surface area contributed by atoms with Gasteiger partial charge in [0.2, 0.25) is 10.0 Å². The van der Waals surface area contributed by atoms with E-state index in [0.717, 1.165) is 15.5 Å². The van der Waals surface area contributed by atoms with Crippen molar-refractivity contribution in [1.82, 2.24) is 4.72 Å². The number of aliphatic carboxylic acids is 1. The van der Waals surface area contributed by atoms with Gasteiger partial charge in [-0.15, -0.1) is 11.3 Å². The summed E-state index contributed by atoms with van der Waals surface area (Å²) in [5.74, 6) is -1.91. The SMILES string of the molecule is CC(C)[C@H](NS(=O)(=O)c1ccc2c(c1)sc1cc(N(C)C(=O)Oc3ccc(F)cc3)ccc12)C(=O)O. The van der Waals surface area contributed by atoms with Crippen molar-refractivity contribution in [2.45, 2.75) is 24.8 Å². The molecule has 1 heterocycles. The van der Waals surface area contributed by atoms with E-state index in [-0.39, 0.29) is 10.6 Å². The molecule has 0 bridgehead atoms. The minimum absolute atomic E-state index is 0.0336. The molecule has 0 fully saturated rings. The molecule has 1 atom stereocenters. The zero-order chi connectivity index (χ0) is 26.2. The number of nitrogens with one attached hydrogen (secondary N) is 1. The molecule has 0 aliphatic heterocycles. The number of anilines is 1. The number of hydrogen-bond donors (Lipinski definition) is 2. The van der Waals surface area contributed by atoms with Gasteiger partial charge in [0, 0.05) is 32.9 Å². The largest absolute Gasteiger partial charge is 0.480 e. The van der Waals surface area contributed by atoms with E-state index in [1.165, 1.54) is 52.6 Å². The van der Waals surface area contributed by atoms with E-state index in [9.17, 15) is 27.5 Å². The zero-order valence-electron chi connectivity index (χ0n) is 19.6. The molecule has 0 radical (unpaired) electrons. The van der Waals surface area contributed by atoms with Crippen LogP contribution in [0.2, 0.25) is 0 Å². The monoisotopic (exact) mass is 530 g/mol. The van der Waals surface area contributed by atoms with Crippen LogP contribution in [0.3, 0.4) is 0 Å². The lowest BCUT2D eigenvalue weighted by Crippen LogP contribution is -2.44. The molecule has 4 rings (SSSR count). The second-order valence-electron chi connectivity index (χ2n) is 8.50. The van der Waals surface area contributed by atoms with Crippen LogP contribution in [0, 0.1) is 11.7 Å². The molecule has 1 amide bonds. The number of amides is 1. The third-order valence-electron chi connectivity index (χ3n) is 5.63. The first-order chi connectivity index (χ1) is 17.0. The summed E-state index contributed by atoms with van der Waals surface area (Å²) in [6, 6.07) is 13.8. The Kier molecular flexibility index (Phi) is 6.98. The van der Waals surface area contributed by atoms with Crippen molar-refractivity contribution in [1.29, 1.82) is 0 Å². The van der Waals surface area contributed by atoms with Crippen molar-refractivity contribution < 1.29 is 32.2 Å². The normalized spacial score (nSPS) is 12.7. The maximum absolute atomic E-state index is 13.1. The van der Waals surface area contributed by atoms with Crippen LogP contribution >= 0.6 is 11.3 Å². The molecule has 8 nitrogen and oxygen atoms in total. The van der Waals surface area contributed by atoms with Gasteiger partial charge >= 0.3 is 12.1 Å². The number of benzene rings is 3. The number of carbonyl (C=O) groups excluding carboxylic acids is 1. The Morgan fingerprint density at radius 1 is 1.00 bits per heavy atom. The number of rotatable bonds is 7. The Morgan fingerprint density at radius 3 is 2.22 bits per heavy atom. The second kappa shape index (κ2) is 9.84. The maximum atomic E-state index is 13.1. The lowest BCUT2D eigenvalue weighted by atomic mass is 10.1. The molecule has 2 N–H and O–H groups in total. The number of carboxylic acids is 1. The fraction of sp³-hybridized carbons (Fsp3) is 0.200. The summed E-state index contributed by atoms with van der Waals surface area (Å²) < 4.78 is 47.8. The van der Waals surface area contributed by atoms with Gasteiger partial charge in [-0.2, -0.15) is 4.72 Å². The van der Waals surface area contributed by atoms with Gasteiger partial charge in [-0.05, 0) is 54.4 Å². The fourth-order valence-electron chi connectivity index (χ4n) is 3.61. The average Bonchev–Trinajstić information content (AvgIpc) is 3.20. The Morgan fingerprint density at radius 2 is 1.61 bits per heavy atom. The molecule has 3 aromatic carbocycles. The summed E-state index contributed by atoms with van der Waals surface area (Å²) in [7, 11) is -2.51. The number of sulfonamides is 1. The van der Waals surface area contributed by atoms with E-state index in [2.05, 4.69) is 4.72 Å². The molecule has 0 saturated heterocycles. The summed E-state index contributed by atoms with van der Waals surface area (Å²) in [6.07, 6.45) is -0.653. The highest BCUT2D eigenvalue weighted by Gasteiger charge is 2.28. The highest BCUT2D eigenvalue weighted by molar-refractivity contribution is 7.89. The second-order valence-corrected chi connectivity index (χ2v) is 11.3. The molecule has 0 spiro atoms. The molecule has 0 unspecified atom stereocenters. The van der Waals surface area contributed by atoms with Gasteiger partial charge in [0.05, 0.1) is 4.90 Å². The van der Waals surface area contributed by atoms with Crippen LogP contribution in [0.15, 0.2) is 65.6 Å². The standard InChI is InChI=1S/C25H23FN2O6S2/c1-14(2)23(24(29)30)27-36(32,33)18-9-11-20-19-10-6-16(12-21(19)35-22(20)13-18)28(3)25(31)34-17-7-4-15(26)5-8-17/h4-14,23,27H,1-3H3,(H,29,30)/t23-/m0/s1. The summed E-state index contributed by atoms with van der Waals surface area (Å²) >= 11 is 1.34. The van der Waals surface area contributed by atoms with Crippen LogP contribution in [-0.4, -0.2) is 38.7 Å². The van der Waals surface area contributed by atoms with Crippen molar-refractivity contribution in [2.24, 2.45) is 5.92 Å². The minimum atomic E-state index is -4.06. The third-order valence-corrected chi connectivity index (χ3v) is 8.19. The van der Waals surface area contributed by atoms with Crippen molar-refractivity contribution in [3.63, 3.8) is 0 Å². The Labute approximate surface area is 211 Å². The van der Waals surface area contributed by atoms with Crippen LogP contribution < -0.4 is 14.4 Å². The van der Waals surface area contributed by atoms with E-state index in [0.29, 0.717) is 10.4 Å². The number of fused-ring (bicyclic) bond motifs is 3. The highest BCUT2D eigenvalue weighted by atomic mass is 32.2. The van der Waals surface area contributed by atoms with Gasteiger partial charge < -0.3 is 9.84 Å². The number of nitrogens with zero attached hydrogens (tertiary/aromatic N) is 1. The lowest BCUT2D eigenvalue weighted by Gasteiger charge is -2.18. The predicted octanol–water partition coefficient (Wildman–Crippen LogP) is 5.22. The molecule has 0 aliphatic carbocycles. The smallest absolute Gasteiger partial charge is 0.419 e. The quantitative estimate of drug-likeness (QED) is 0.339. The van der Waals surface area contributed by atoms with Gasteiger partial charge in [-0.3, -0.25) is 9.69 Å². The number of ether oxygens (including phenoxy) is 1. The lowest BCUT2D eigenvalue weighted by molar-refractivity contribution is -0.140. The van der Waals surface area contributed by atoms with Gasteiger partial charge in [0.15, 0.2) is 0 Å². The topological polar surface area (TPSA) is 113 Å². The molecule has 11 heteroatoms. The van der Waals surface area contributed by atoms with Crippen LogP contribution in [0.25, 0.3) is 20.2 Å². The fourth-order valence-corrected chi connectivity index (χ4v) is 6.22. The summed E-state index contributed by atoms with van der Waals surface area (Å²) in [5, 5.41) is 11.1. The first-order valence-electron chi connectivity index (χ1n) is 10.9. The van der Waals surface area contributed by atoms with E-state index < -0.39 is 39.9 Å². The molecule has 1 aromatic heterocycles. The Hall–Kier alpha value is -3.54. The molecule has 0 aliphatic rings. The van der Waals surface area contributed by atoms with Crippen LogP contribution in [0.5, 0.6) is 5.75 Å². The summed E-state index contributed by atoms with van der Waals surface area (Å²) in [4.78, 5) is 25.3. The first kappa shape index (κ1) is 25.5. The molecular formula is C25H23FN2O6S2. The summed E-state index contributed by atoms with van der Waals surface area (Å²) in [6.45, 7) is 3.25. The number of hydrogen-bond acceptors (Lipinski definition) is 6. The molecule has 36 heavy (non-hydrogen) atoms. The van der Waals surface area contributed by atoms with E-state index in [4.69, 9.17) is 4.74 Å². The minimum Gasteiger partial charge on any atom is -0.480 e. The van der Waals surface area contributed by atoms with Gasteiger partial charge in [-0.25, -0.2) is 17.6 Å². The molecule has 4 aromatic rings. The van der Waals surface area contributed by atoms with Crippen LogP contribution in [0.4, 0.5) is 14.9 Å². The maximum Gasteiger partial charge on any atom is 0.419 e. The van der Waals surface area contributed by atoms with Crippen LogP contribution in [-0.2, 0) is 14.8 Å². The summed E-state index contributed by atoms with van der Waals surface area (Å²) in [5.41, 5.74) is 0.553. The predicted molar refractivity (Wildman–Crippen MR) is 137 cm³/mol. The van der Waals surface area contributed by atoms with E-state index in [1.54, 1.807) is 39.1 Å². The number of halogens is 1. The van der Waals surface area contributed by atoms with E-state index >= 15 is 0 Å². The van der Waals surface area contributed by atoms with Crippen LogP contribution in [0.1, 0.15) is 13.8 Å². The van der Waals surface area contributed by atoms with Gasteiger partial charge in [-0.1, -0.05) is 26.0 Å². The van der Waals surface area contributed by atoms with Gasteiger partial charge in [0.1, 0.15) is 17.6 Å². The number of carboxylic acid groups (broad SMARTS) is 1. The molecule has 188 valence electrons. The van der Waals surface area contributed by atoms with Crippen molar-refractivity contribution >= 4 is 59.3 Å². The average molecular weight is 531 g/mol. The zero-order valence-corrected chi connectivity index (χ0v) is 21.2. The van der Waals surface area contributed by atoms with Crippen molar-refractivity contribution in [2.75, 3.05) is 11.9 Å². The molecule has 0 saturated carbocycles. The Balaban J connectivity index is 1.62. The van der Waals surface area contributed by atoms with Crippen molar-refractivity contribution in [3.05, 3.63) is 66.5 Å². The third kappa shape index (κ3) is 5.18. The van der Waals surface area contributed by atoms with Crippen molar-refractivity contribution in [3.8, 4) is 5.75 Å². The number of thiophene rings is 1. The number of carbonyl (C=O) groups is 2. The highest BCUT2D eigenvalue weighted by Crippen LogP contribution is 2.37. The first-order valence-corrected chi connectivity index (χ1v) is 13.2. The van der Waals surface area contributed by atoms with E-state index in [1.807, 2.05) is 6.07 Å². The van der Waals surface area contributed by atoms with Gasteiger partial charge in [0.25, 0.3) is 0 Å². The molecular weight excluding hydrogens is 507 g/mol. The Bertz CT molecular complexity index is 1570.